The Bertz CT molecular complexity index is 397. The van der Waals surface area contributed by atoms with Gasteiger partial charge in [-0.2, -0.15) is 0 Å². The largest absolute Gasteiger partial charge is 0.313 e. The molecule has 0 aliphatic heterocycles. The minimum absolute atomic E-state index is 0.546. The highest BCUT2D eigenvalue weighted by Gasteiger charge is 2.20. The first-order chi connectivity index (χ1) is 10.1. The van der Waals surface area contributed by atoms with Gasteiger partial charge in [-0.1, -0.05) is 57.3 Å². The van der Waals surface area contributed by atoms with Crippen LogP contribution in [0.4, 0.5) is 0 Å². The topological polar surface area (TPSA) is 12.0 Å². The van der Waals surface area contributed by atoms with Crippen LogP contribution in [0.2, 0.25) is 5.02 Å². The lowest BCUT2D eigenvalue weighted by Gasteiger charge is -2.28. The number of halogens is 1. The summed E-state index contributed by atoms with van der Waals surface area (Å²) in [6, 6.07) is 7.01. The van der Waals surface area contributed by atoms with Crippen molar-refractivity contribution in [2.75, 3.05) is 6.54 Å². The third kappa shape index (κ3) is 6.40. The molecule has 1 nitrogen and oxygen atoms in total. The molecule has 120 valence electrons. The lowest BCUT2D eigenvalue weighted by molar-refractivity contribution is 0.309. The number of hydrogen-bond acceptors (Lipinski definition) is 1. The van der Waals surface area contributed by atoms with E-state index in [9.17, 15) is 0 Å². The van der Waals surface area contributed by atoms with Crippen LogP contribution in [0.25, 0.3) is 0 Å². The van der Waals surface area contributed by atoms with Gasteiger partial charge in [0.05, 0.1) is 0 Å². The second kappa shape index (κ2) is 10.2. The molecule has 0 saturated heterocycles. The van der Waals surface area contributed by atoms with Gasteiger partial charge in [-0.05, 0) is 62.3 Å². The van der Waals surface area contributed by atoms with Gasteiger partial charge in [0.15, 0.2) is 0 Å². The SMILES string of the molecule is CCCNC(Cc1ccc(C)cc1Cl)C(CCC)CCC. The molecule has 1 aromatic carbocycles. The fraction of sp³-hybridized carbons (Fsp3) is 0.684. The third-order valence-corrected chi connectivity index (χ3v) is 4.54. The fourth-order valence-corrected chi connectivity index (χ4v) is 3.39. The monoisotopic (exact) mass is 309 g/mol. The molecule has 1 atom stereocenters. The van der Waals surface area contributed by atoms with E-state index in [1.807, 2.05) is 0 Å². The molecule has 0 radical (unpaired) electrons. The summed E-state index contributed by atoms with van der Waals surface area (Å²) in [5.41, 5.74) is 2.52. The number of nitrogens with one attached hydrogen (secondary N) is 1. The molecule has 0 amide bonds. The van der Waals surface area contributed by atoms with E-state index in [1.54, 1.807) is 0 Å². The molecule has 0 bridgehead atoms. The van der Waals surface area contributed by atoms with Gasteiger partial charge in [-0.25, -0.2) is 0 Å². The minimum Gasteiger partial charge on any atom is -0.313 e. The summed E-state index contributed by atoms with van der Waals surface area (Å²) < 4.78 is 0. The van der Waals surface area contributed by atoms with Gasteiger partial charge in [0.2, 0.25) is 0 Å². The molecule has 21 heavy (non-hydrogen) atoms. The van der Waals surface area contributed by atoms with Crippen LogP contribution in [-0.2, 0) is 6.42 Å². The van der Waals surface area contributed by atoms with Crippen LogP contribution in [0.1, 0.15) is 64.0 Å². The molecule has 0 fully saturated rings. The Labute approximate surface area is 136 Å². The van der Waals surface area contributed by atoms with Gasteiger partial charge in [-0.3, -0.25) is 0 Å². The van der Waals surface area contributed by atoms with E-state index >= 15 is 0 Å². The van der Waals surface area contributed by atoms with Crippen LogP contribution in [0.3, 0.4) is 0 Å². The third-order valence-electron chi connectivity index (χ3n) is 4.19. The van der Waals surface area contributed by atoms with Gasteiger partial charge in [-0.15, -0.1) is 0 Å². The van der Waals surface area contributed by atoms with Crippen LogP contribution < -0.4 is 5.32 Å². The first kappa shape index (κ1) is 18.5. The maximum absolute atomic E-state index is 6.44. The lowest BCUT2D eigenvalue weighted by atomic mass is 9.86. The van der Waals surface area contributed by atoms with Crippen molar-refractivity contribution in [2.45, 2.75) is 72.3 Å². The summed E-state index contributed by atoms with van der Waals surface area (Å²) >= 11 is 6.44. The first-order valence-corrected chi connectivity index (χ1v) is 8.98. The van der Waals surface area contributed by atoms with Crippen molar-refractivity contribution in [3.8, 4) is 0 Å². The Hall–Kier alpha value is -0.530. The van der Waals surface area contributed by atoms with E-state index in [-0.39, 0.29) is 0 Å². The number of benzene rings is 1. The molecule has 0 aromatic heterocycles. The molecule has 0 spiro atoms. The van der Waals surface area contributed by atoms with E-state index in [0.717, 1.165) is 23.9 Å². The van der Waals surface area contributed by atoms with Crippen molar-refractivity contribution in [1.82, 2.24) is 5.32 Å². The van der Waals surface area contributed by atoms with Crippen molar-refractivity contribution in [3.05, 3.63) is 34.3 Å². The fourth-order valence-electron chi connectivity index (χ4n) is 3.08. The van der Waals surface area contributed by atoms with Crippen molar-refractivity contribution in [1.29, 1.82) is 0 Å². The average Bonchev–Trinajstić information content (AvgIpc) is 2.45. The average molecular weight is 310 g/mol. The summed E-state index contributed by atoms with van der Waals surface area (Å²) in [4.78, 5) is 0. The molecule has 2 heteroatoms. The van der Waals surface area contributed by atoms with E-state index in [1.165, 1.54) is 43.2 Å². The Balaban J connectivity index is 2.84. The molecule has 1 aromatic rings. The van der Waals surface area contributed by atoms with Crippen LogP contribution in [-0.4, -0.2) is 12.6 Å². The van der Waals surface area contributed by atoms with Gasteiger partial charge in [0, 0.05) is 11.1 Å². The summed E-state index contributed by atoms with van der Waals surface area (Å²) in [6.07, 6.45) is 7.36. The van der Waals surface area contributed by atoms with Gasteiger partial charge in [0.1, 0.15) is 0 Å². The van der Waals surface area contributed by atoms with Crippen LogP contribution in [0, 0.1) is 12.8 Å². The highest BCUT2D eigenvalue weighted by Crippen LogP contribution is 2.25. The van der Waals surface area contributed by atoms with Gasteiger partial charge < -0.3 is 5.32 Å². The molecule has 1 rings (SSSR count). The zero-order valence-corrected chi connectivity index (χ0v) is 15.0. The number of hydrogen-bond donors (Lipinski definition) is 1. The highest BCUT2D eigenvalue weighted by atomic mass is 35.5. The Morgan fingerprint density at radius 1 is 1.05 bits per heavy atom. The zero-order valence-electron chi connectivity index (χ0n) is 14.2. The second-order valence-corrected chi connectivity index (χ2v) is 6.60. The van der Waals surface area contributed by atoms with Gasteiger partial charge >= 0.3 is 0 Å². The standard InChI is InChI=1S/C19H32ClN/c1-5-8-16(9-6-2)19(21-12-7-3)14-17-11-10-15(4)13-18(17)20/h10-11,13,16,19,21H,5-9,12,14H2,1-4H3. The maximum atomic E-state index is 6.44. The molecule has 1 N–H and O–H groups in total. The molecule has 0 saturated carbocycles. The highest BCUT2D eigenvalue weighted by molar-refractivity contribution is 6.31. The van der Waals surface area contributed by atoms with Crippen molar-refractivity contribution in [2.24, 2.45) is 5.92 Å². The predicted molar refractivity (Wildman–Crippen MR) is 95.3 cm³/mol. The lowest BCUT2D eigenvalue weighted by Crippen LogP contribution is -2.38. The quantitative estimate of drug-likeness (QED) is 0.578. The van der Waals surface area contributed by atoms with E-state index in [0.29, 0.717) is 6.04 Å². The van der Waals surface area contributed by atoms with Crippen LogP contribution in [0.15, 0.2) is 18.2 Å². The molecule has 0 aliphatic rings. The van der Waals surface area contributed by atoms with E-state index in [2.05, 4.69) is 51.2 Å². The normalized spacial score (nSPS) is 12.9. The molecular weight excluding hydrogens is 278 g/mol. The second-order valence-electron chi connectivity index (χ2n) is 6.20. The molecular formula is C19H32ClN. The van der Waals surface area contributed by atoms with E-state index in [4.69, 9.17) is 11.6 Å². The summed E-state index contributed by atoms with van der Waals surface area (Å²) in [5.74, 6) is 0.754. The summed E-state index contributed by atoms with van der Waals surface area (Å²) in [5, 5.41) is 4.69. The Morgan fingerprint density at radius 2 is 1.71 bits per heavy atom. The van der Waals surface area contributed by atoms with Crippen LogP contribution >= 0.6 is 11.6 Å². The van der Waals surface area contributed by atoms with Gasteiger partial charge in [0.25, 0.3) is 0 Å². The Kier molecular flexibility index (Phi) is 9.03. The first-order valence-electron chi connectivity index (χ1n) is 8.60. The van der Waals surface area contributed by atoms with E-state index < -0.39 is 0 Å². The smallest absolute Gasteiger partial charge is 0.0441 e. The minimum atomic E-state index is 0.546. The zero-order chi connectivity index (χ0) is 15.7. The van der Waals surface area contributed by atoms with Crippen molar-refractivity contribution >= 4 is 11.6 Å². The maximum Gasteiger partial charge on any atom is 0.0441 e. The number of rotatable bonds is 10. The van der Waals surface area contributed by atoms with Crippen molar-refractivity contribution in [3.63, 3.8) is 0 Å². The summed E-state index contributed by atoms with van der Waals surface area (Å²) in [6.45, 7) is 10.0. The number of aryl methyl sites for hydroxylation is 1. The molecule has 0 heterocycles. The molecule has 1 unspecified atom stereocenters. The molecule has 0 aliphatic carbocycles. The van der Waals surface area contributed by atoms with Crippen molar-refractivity contribution < 1.29 is 0 Å². The summed E-state index contributed by atoms with van der Waals surface area (Å²) in [7, 11) is 0. The Morgan fingerprint density at radius 3 is 2.24 bits per heavy atom. The van der Waals surface area contributed by atoms with Crippen LogP contribution in [0.5, 0.6) is 0 Å². The predicted octanol–water partition coefficient (Wildman–Crippen LogP) is 5.78.